The number of benzene rings is 1. The number of fused-ring (bicyclic) bond motifs is 2. The van der Waals surface area contributed by atoms with Gasteiger partial charge >= 0.3 is 25.8 Å². The van der Waals surface area contributed by atoms with Crippen molar-refractivity contribution in [2.24, 2.45) is 0 Å². The Kier molecular flexibility index (Phi) is 12.4. The van der Waals surface area contributed by atoms with Crippen molar-refractivity contribution in [1.29, 1.82) is 0 Å². The van der Waals surface area contributed by atoms with Crippen molar-refractivity contribution in [3.8, 4) is 0 Å². The molecule has 3 aromatic carbocycles. The van der Waals surface area contributed by atoms with Crippen LogP contribution in [0.5, 0.6) is 0 Å². The molecule has 0 aromatic heterocycles. The summed E-state index contributed by atoms with van der Waals surface area (Å²) in [5, 5.41) is 3.00. The van der Waals surface area contributed by atoms with Crippen molar-refractivity contribution < 1.29 is 25.8 Å². The molecule has 0 bridgehead atoms. The average Bonchev–Trinajstić information content (AvgIpc) is 3.33. The van der Waals surface area contributed by atoms with Crippen LogP contribution in [0.3, 0.4) is 0 Å². The molecule has 0 fully saturated rings. The fraction of sp³-hybridized carbons (Fsp3) is 0.448. The van der Waals surface area contributed by atoms with Crippen LogP contribution >= 0.6 is 0 Å². The van der Waals surface area contributed by atoms with Crippen molar-refractivity contribution in [1.82, 2.24) is 0 Å². The molecule has 0 nitrogen and oxygen atoms in total. The first-order valence-electron chi connectivity index (χ1n) is 10.8. The summed E-state index contributed by atoms with van der Waals surface area (Å²) in [7, 11) is 0. The second-order valence-corrected chi connectivity index (χ2v) is 8.50. The molecule has 1 heteroatoms. The van der Waals surface area contributed by atoms with E-state index in [0.717, 1.165) is 0 Å². The molecule has 0 aliphatic heterocycles. The fourth-order valence-corrected chi connectivity index (χ4v) is 4.53. The number of hydrogen-bond acceptors (Lipinski definition) is 0. The normalized spacial score (nSPS) is 11.7. The van der Waals surface area contributed by atoms with Crippen molar-refractivity contribution in [2.75, 3.05) is 0 Å². The zero-order chi connectivity index (χ0) is 19.6. The predicted molar refractivity (Wildman–Crippen MR) is 133 cm³/mol. The third-order valence-corrected chi connectivity index (χ3v) is 6.94. The Bertz CT molecular complexity index is 840. The quantitative estimate of drug-likeness (QED) is 0.168. The van der Waals surface area contributed by atoms with Gasteiger partial charge in [0.25, 0.3) is 0 Å². The summed E-state index contributed by atoms with van der Waals surface area (Å²) in [6.45, 7) is 13.3. The third kappa shape index (κ3) is 6.06. The van der Waals surface area contributed by atoms with Gasteiger partial charge in [-0.2, -0.15) is 33.9 Å². The number of rotatable bonds is 4. The molecule has 0 unspecified atom stereocenters. The van der Waals surface area contributed by atoms with E-state index in [1.165, 1.54) is 83.5 Å². The number of aryl methyl sites for hydroxylation is 3. The van der Waals surface area contributed by atoms with Crippen LogP contribution in [-0.2, 0) is 45.1 Å². The minimum Gasteiger partial charge on any atom is -0.358 e. The maximum atomic E-state index is 2.47. The maximum absolute atomic E-state index is 2.47. The van der Waals surface area contributed by atoms with E-state index in [2.05, 4.69) is 65.8 Å². The van der Waals surface area contributed by atoms with Crippen molar-refractivity contribution >= 4 is 10.8 Å². The Morgan fingerprint density at radius 2 is 1.43 bits per heavy atom. The Labute approximate surface area is 206 Å². The molecule has 0 radical (unpaired) electrons. The molecule has 0 saturated heterocycles. The number of hydrogen-bond donors (Lipinski definition) is 0. The monoisotopic (exact) mass is 570 g/mol. The molecule has 162 valence electrons. The van der Waals surface area contributed by atoms with Gasteiger partial charge in [0.1, 0.15) is 0 Å². The molecule has 1 aliphatic rings. The van der Waals surface area contributed by atoms with Crippen molar-refractivity contribution in [3.05, 3.63) is 83.6 Å². The molecule has 30 heavy (non-hydrogen) atoms. The Hall–Kier alpha value is -0.950. The van der Waals surface area contributed by atoms with Crippen LogP contribution in [0.4, 0.5) is 0 Å². The third-order valence-electron chi connectivity index (χ3n) is 6.94. The summed E-state index contributed by atoms with van der Waals surface area (Å²) in [6, 6.07) is 9.56. The Morgan fingerprint density at radius 3 is 1.93 bits per heavy atom. The predicted octanol–water partition coefficient (Wildman–Crippen LogP) is 8.63. The van der Waals surface area contributed by atoms with E-state index in [0.29, 0.717) is 0 Å². The van der Waals surface area contributed by atoms with E-state index < -0.39 is 0 Å². The minimum atomic E-state index is 0. The molecule has 0 atom stereocenters. The van der Waals surface area contributed by atoms with Crippen LogP contribution in [-0.4, -0.2) is 0 Å². The molecule has 0 saturated carbocycles. The summed E-state index contributed by atoms with van der Waals surface area (Å²) >= 11 is 0. The maximum Gasteiger partial charge on any atom is 4.00 e. The second-order valence-electron chi connectivity index (χ2n) is 8.50. The van der Waals surface area contributed by atoms with E-state index in [1.807, 2.05) is 0 Å². The van der Waals surface area contributed by atoms with E-state index in [-0.39, 0.29) is 40.7 Å². The first-order chi connectivity index (χ1) is 12.9. The summed E-state index contributed by atoms with van der Waals surface area (Å²) in [5.41, 5.74) is 12.1. The zero-order valence-corrected chi connectivity index (χ0v) is 24.4. The summed E-state index contributed by atoms with van der Waals surface area (Å²) in [4.78, 5) is 0. The molecule has 0 N–H and O–H groups in total. The molecular formula is C29H42Hf. The van der Waals surface area contributed by atoms with E-state index >= 15 is 0 Å². The smallest absolute Gasteiger partial charge is 0.358 e. The zero-order valence-electron chi connectivity index (χ0n) is 20.8. The minimum absolute atomic E-state index is 0. The second kappa shape index (κ2) is 12.8. The molecule has 0 amide bonds. The van der Waals surface area contributed by atoms with Crippen LogP contribution in [0, 0.1) is 49.5 Å². The summed E-state index contributed by atoms with van der Waals surface area (Å²) < 4.78 is 0. The van der Waals surface area contributed by atoms with Gasteiger partial charge in [0.15, 0.2) is 0 Å². The molecule has 0 heterocycles. The van der Waals surface area contributed by atoms with E-state index in [1.54, 1.807) is 16.7 Å². The van der Waals surface area contributed by atoms with Gasteiger partial charge in [-0.3, -0.25) is 0 Å². The molecule has 4 rings (SSSR count). The van der Waals surface area contributed by atoms with Gasteiger partial charge < -0.3 is 14.9 Å². The topological polar surface area (TPSA) is 0 Å². The van der Waals surface area contributed by atoms with Gasteiger partial charge in [-0.15, -0.1) is 34.5 Å². The number of unbranched alkanes of at least 4 members (excludes halogenated alkanes) is 2. The van der Waals surface area contributed by atoms with Gasteiger partial charge in [0.05, 0.1) is 0 Å². The fourth-order valence-electron chi connectivity index (χ4n) is 4.53. The van der Waals surface area contributed by atoms with E-state index in [9.17, 15) is 0 Å². The van der Waals surface area contributed by atoms with Gasteiger partial charge in [0, 0.05) is 0 Å². The molecule has 1 aliphatic carbocycles. The Morgan fingerprint density at radius 1 is 0.867 bits per heavy atom. The SMILES string of the molecule is CCCCC[c-]1ccc2cc3c(cc21)CCC3.Cc1c(C)c(C)[c-](C)c1C.[CH3-].[CH3-].[Hf+4]. The van der Waals surface area contributed by atoms with Gasteiger partial charge in [-0.1, -0.05) is 78.4 Å². The van der Waals surface area contributed by atoms with Crippen LogP contribution in [0.25, 0.3) is 10.8 Å². The van der Waals surface area contributed by atoms with Gasteiger partial charge in [-0.25, -0.2) is 0 Å². The van der Waals surface area contributed by atoms with E-state index in [4.69, 9.17) is 0 Å². The summed E-state index contributed by atoms with van der Waals surface area (Å²) in [6.07, 6.45) is 9.22. The standard InChI is InChI=1S/C17H21.C10H15.2CH3.Hf/c1-2-3-4-6-13-9-10-16-11-14-7-5-8-15(14)12-17(13)16;1-6-7(2)9(4)10(5)8(6)3;;;/h9-12H,2-8H2,1H3;1-5H3;2*1H3;/q4*-1;+4. The van der Waals surface area contributed by atoms with Crippen LogP contribution < -0.4 is 0 Å². The van der Waals surface area contributed by atoms with Crippen molar-refractivity contribution in [3.63, 3.8) is 0 Å². The van der Waals surface area contributed by atoms with Crippen molar-refractivity contribution in [2.45, 2.75) is 86.5 Å². The average molecular weight is 569 g/mol. The van der Waals surface area contributed by atoms with Crippen LogP contribution in [0.1, 0.15) is 77.1 Å². The molecule has 3 aromatic rings. The molecular weight excluding hydrogens is 527 g/mol. The Balaban J connectivity index is 0.000000569. The van der Waals surface area contributed by atoms with Crippen LogP contribution in [0.15, 0.2) is 24.3 Å². The first kappa shape index (κ1) is 29.1. The van der Waals surface area contributed by atoms with Gasteiger partial charge in [0.2, 0.25) is 0 Å². The largest absolute Gasteiger partial charge is 4.00 e. The first-order valence-corrected chi connectivity index (χ1v) is 10.8. The van der Waals surface area contributed by atoms with Gasteiger partial charge in [-0.05, 0) is 19.3 Å². The van der Waals surface area contributed by atoms with Crippen LogP contribution in [0.2, 0.25) is 0 Å². The summed E-state index contributed by atoms with van der Waals surface area (Å²) in [5.74, 6) is 0. The molecule has 0 spiro atoms.